The molecule has 0 spiro atoms. The van der Waals surface area contributed by atoms with Crippen molar-refractivity contribution in [3.63, 3.8) is 0 Å². The van der Waals surface area contributed by atoms with Gasteiger partial charge in [0.05, 0.1) is 22.8 Å². The number of nitriles is 1. The number of hydrogen-bond donors (Lipinski definition) is 0. The molecule has 0 bridgehead atoms. The van der Waals surface area contributed by atoms with Crippen LogP contribution in [0.4, 0.5) is 0 Å². The van der Waals surface area contributed by atoms with Crippen LogP contribution in [0.3, 0.4) is 0 Å². The van der Waals surface area contributed by atoms with E-state index >= 15 is 0 Å². The van der Waals surface area contributed by atoms with Crippen LogP contribution in [-0.2, 0) is 11.8 Å². The fraction of sp³-hybridized carbons (Fsp3) is 0.125. The van der Waals surface area contributed by atoms with E-state index in [1.165, 1.54) is 53.7 Å². The minimum atomic E-state index is -0.0456. The van der Waals surface area contributed by atoms with E-state index in [0.29, 0.717) is 5.56 Å². The molecular weight excluding hydrogens is 541 g/mol. The van der Waals surface area contributed by atoms with E-state index in [-0.39, 0.29) is 5.41 Å². The Morgan fingerprint density at radius 2 is 1.70 bits per heavy atom. The molecule has 2 nitrogen and oxygen atoms in total. The van der Waals surface area contributed by atoms with Crippen molar-refractivity contribution in [2.24, 2.45) is 0 Å². The van der Waals surface area contributed by atoms with Crippen LogP contribution < -0.4 is 0 Å². The molecule has 2 aliphatic carbocycles. The summed E-state index contributed by atoms with van der Waals surface area (Å²) in [5, 5.41) is 14.0. The third-order valence-electron chi connectivity index (χ3n) is 9.59. The number of allylic oxidation sites excluding steroid dienone is 1. The Morgan fingerprint density at radius 3 is 2.60 bits per heavy atom. The number of rotatable bonds is 2. The highest BCUT2D eigenvalue weighted by atomic mass is 32.1. The highest BCUT2D eigenvalue weighted by Gasteiger charge is 2.38. The molecule has 0 radical (unpaired) electrons. The number of thiophene rings is 1. The molecule has 9 rings (SSSR count). The second-order valence-electron chi connectivity index (χ2n) is 12.2. The van der Waals surface area contributed by atoms with Crippen LogP contribution in [0.5, 0.6) is 0 Å². The number of aryl methyl sites for hydroxylation is 1. The first kappa shape index (κ1) is 24.5. The fourth-order valence-corrected chi connectivity index (χ4v) is 9.19. The number of benzene rings is 4. The summed E-state index contributed by atoms with van der Waals surface area (Å²) >= 11 is 1.97. The Kier molecular flexibility index (Phi) is 4.97. The van der Waals surface area contributed by atoms with Crippen molar-refractivity contribution in [3.8, 4) is 22.9 Å². The highest BCUT2D eigenvalue weighted by molar-refractivity contribution is 7.19. The van der Waals surface area contributed by atoms with Gasteiger partial charge in [0, 0.05) is 36.7 Å². The van der Waals surface area contributed by atoms with Gasteiger partial charge >= 0.3 is 0 Å². The maximum Gasteiger partial charge on any atom is 0.105 e. The summed E-state index contributed by atoms with van der Waals surface area (Å²) in [7, 11) is 0. The summed E-state index contributed by atoms with van der Waals surface area (Å²) in [4.78, 5) is 1.44. The van der Waals surface area contributed by atoms with E-state index in [1.807, 2.05) is 29.5 Å². The zero-order chi connectivity index (χ0) is 28.9. The molecule has 0 amide bonds. The fourth-order valence-electron chi connectivity index (χ4n) is 7.71. The quantitative estimate of drug-likeness (QED) is 0.205. The lowest BCUT2D eigenvalue weighted by atomic mass is 9.81. The molecule has 2 aromatic heterocycles. The molecule has 43 heavy (non-hydrogen) atoms. The number of para-hydroxylation sites is 1. The zero-order valence-corrected chi connectivity index (χ0v) is 24.8. The molecule has 0 fully saturated rings. The molecule has 0 saturated carbocycles. The van der Waals surface area contributed by atoms with E-state index < -0.39 is 0 Å². The Labute approximate surface area is 254 Å². The largest absolute Gasteiger partial charge is 0.301 e. The van der Waals surface area contributed by atoms with Crippen molar-refractivity contribution in [3.05, 3.63) is 136 Å². The predicted molar refractivity (Wildman–Crippen MR) is 179 cm³/mol. The molecule has 0 unspecified atom stereocenters. The summed E-state index contributed by atoms with van der Waals surface area (Å²) < 4.78 is 3.68. The predicted octanol–water partition coefficient (Wildman–Crippen LogP) is 10.3. The molecule has 0 atom stereocenters. The first-order valence-corrected chi connectivity index (χ1v) is 15.6. The van der Waals surface area contributed by atoms with Gasteiger partial charge in [-0.25, -0.2) is 0 Å². The van der Waals surface area contributed by atoms with Crippen molar-refractivity contribution in [2.45, 2.75) is 32.1 Å². The Bertz CT molecular complexity index is 2330. The maximum absolute atomic E-state index is 10.4. The van der Waals surface area contributed by atoms with Gasteiger partial charge in [-0.15, -0.1) is 11.3 Å². The minimum absolute atomic E-state index is 0.0456. The van der Waals surface area contributed by atoms with E-state index in [9.17, 15) is 5.26 Å². The van der Waals surface area contributed by atoms with Gasteiger partial charge < -0.3 is 4.57 Å². The number of nitrogens with zero attached hydrogens (tertiary/aromatic N) is 2. The van der Waals surface area contributed by atoms with E-state index in [4.69, 9.17) is 0 Å². The Hall–Kier alpha value is -5.09. The van der Waals surface area contributed by atoms with Crippen LogP contribution in [0.25, 0.3) is 60.4 Å². The normalized spacial score (nSPS) is 14.7. The zero-order valence-electron chi connectivity index (χ0n) is 24.0. The van der Waals surface area contributed by atoms with Gasteiger partial charge in [0.1, 0.15) is 5.52 Å². The summed E-state index contributed by atoms with van der Waals surface area (Å²) in [6.07, 6.45) is 4.24. The molecule has 3 heteroatoms. The average Bonchev–Trinajstić information content (AvgIpc) is 3.66. The lowest BCUT2D eigenvalue weighted by molar-refractivity contribution is 0.667. The molecule has 202 valence electrons. The highest BCUT2D eigenvalue weighted by Crippen LogP contribution is 2.54. The standard InChI is InChI=1S/C40H26N2S/c1-40(2)32-14-6-3-11-26(32)29-19-20-30-31-22-24(18-21-36(31)43-39(30)38(29)40)37-25(23-41)10-9-17-35(37)42-33-15-7-4-12-27(33)28-13-5-8-16-34(28)42/h3-7,9-15,17,19-20,22H,18,21H2,1-2H3. The summed E-state index contributed by atoms with van der Waals surface area (Å²) in [5.74, 6) is 0. The first-order chi connectivity index (χ1) is 21.1. The third kappa shape index (κ3) is 3.24. The summed E-state index contributed by atoms with van der Waals surface area (Å²) in [6.45, 7) is 4.74. The van der Waals surface area contributed by atoms with Crippen molar-refractivity contribution in [2.75, 3.05) is 0 Å². The maximum atomic E-state index is 10.4. The molecule has 7 aromatic rings. The van der Waals surface area contributed by atoms with Crippen LogP contribution in [0.1, 0.15) is 53.0 Å². The first-order valence-electron chi connectivity index (χ1n) is 14.8. The molecular formula is C40H26N2S. The van der Waals surface area contributed by atoms with Gasteiger partial charge in [0.25, 0.3) is 0 Å². The second-order valence-corrected chi connectivity index (χ2v) is 13.3. The van der Waals surface area contributed by atoms with Crippen molar-refractivity contribution in [1.29, 1.82) is 5.26 Å². The van der Waals surface area contributed by atoms with Crippen molar-refractivity contribution in [1.82, 2.24) is 4.57 Å². The van der Waals surface area contributed by atoms with Crippen LogP contribution in [0.15, 0.2) is 91.0 Å². The van der Waals surface area contributed by atoms with Gasteiger partial charge in [-0.05, 0) is 88.7 Å². The lowest BCUT2D eigenvalue weighted by Gasteiger charge is -2.22. The van der Waals surface area contributed by atoms with Gasteiger partial charge in [-0.3, -0.25) is 0 Å². The summed E-state index contributed by atoms with van der Waals surface area (Å²) in [6, 6.07) is 41.3. The van der Waals surface area contributed by atoms with Crippen LogP contribution >= 0.6 is 11.3 Å². The van der Waals surface area contributed by atoms with Gasteiger partial charge in [0.2, 0.25) is 0 Å². The number of hydrogen-bond acceptors (Lipinski definition) is 2. The van der Waals surface area contributed by atoms with E-state index in [1.54, 1.807) is 0 Å². The number of fused-ring (bicyclic) bond motifs is 10. The third-order valence-corrected chi connectivity index (χ3v) is 10.9. The molecule has 2 aliphatic rings. The topological polar surface area (TPSA) is 28.7 Å². The molecule has 5 aromatic carbocycles. The Balaban J connectivity index is 1.29. The Morgan fingerprint density at radius 1 is 0.837 bits per heavy atom. The monoisotopic (exact) mass is 566 g/mol. The van der Waals surface area contributed by atoms with Crippen molar-refractivity contribution < 1.29 is 0 Å². The van der Waals surface area contributed by atoms with Gasteiger partial charge in [0.15, 0.2) is 0 Å². The minimum Gasteiger partial charge on any atom is -0.301 e. The van der Waals surface area contributed by atoms with E-state index in [2.05, 4.69) is 115 Å². The SMILES string of the molecule is CC1(C)c2ccccc2-c2ccc3c4c(sc3c21)CCC(c1c(C#N)cccc1-n1c2c#cccc2c2ccccc21)=C4. The van der Waals surface area contributed by atoms with Crippen LogP contribution in [-0.4, -0.2) is 4.57 Å². The van der Waals surface area contributed by atoms with Gasteiger partial charge in [-0.1, -0.05) is 80.6 Å². The molecule has 0 saturated heterocycles. The summed E-state index contributed by atoms with van der Waals surface area (Å²) in [5.41, 5.74) is 12.9. The van der Waals surface area contributed by atoms with Gasteiger partial charge in [-0.2, -0.15) is 5.26 Å². The second kappa shape index (κ2) is 8.71. The van der Waals surface area contributed by atoms with Crippen LogP contribution in [0, 0.1) is 23.5 Å². The van der Waals surface area contributed by atoms with Crippen molar-refractivity contribution >= 4 is 54.9 Å². The smallest absolute Gasteiger partial charge is 0.105 e. The van der Waals surface area contributed by atoms with E-state index in [0.717, 1.165) is 40.5 Å². The van der Waals surface area contributed by atoms with Crippen LogP contribution in [0.2, 0.25) is 0 Å². The molecule has 2 heterocycles. The lowest BCUT2D eigenvalue weighted by Crippen LogP contribution is -2.14. The molecule has 0 aliphatic heterocycles. The number of aromatic nitrogens is 1. The average molecular weight is 567 g/mol. The molecule has 0 N–H and O–H groups in total.